The van der Waals surface area contributed by atoms with Crippen LogP contribution >= 0.6 is 11.8 Å². The molecular weight excluding hydrogens is 434 g/mol. The van der Waals surface area contributed by atoms with Crippen molar-refractivity contribution in [1.82, 2.24) is 4.90 Å². The van der Waals surface area contributed by atoms with E-state index in [2.05, 4.69) is 0 Å². The van der Waals surface area contributed by atoms with E-state index in [-0.39, 0.29) is 17.7 Å². The fraction of sp³-hybridized carbons (Fsp3) is 0.185. The van der Waals surface area contributed by atoms with Gasteiger partial charge in [-0.25, -0.2) is 0 Å². The lowest BCUT2D eigenvalue weighted by Crippen LogP contribution is -2.27. The molecule has 2 amide bonds. The van der Waals surface area contributed by atoms with Crippen LogP contribution in [0.4, 0.5) is 4.79 Å². The van der Waals surface area contributed by atoms with Crippen molar-refractivity contribution in [2.75, 3.05) is 7.11 Å². The lowest BCUT2D eigenvalue weighted by molar-refractivity contribution is -0.123. The number of methoxy groups -OCH3 is 1. The van der Waals surface area contributed by atoms with Gasteiger partial charge in [-0.2, -0.15) is 0 Å². The number of carbonyl (C=O) groups is 2. The topological polar surface area (TPSA) is 55.8 Å². The first-order valence-electron chi connectivity index (χ1n) is 10.6. The van der Waals surface area contributed by atoms with Gasteiger partial charge in [0.05, 0.1) is 18.6 Å². The number of thioether (sulfide) groups is 1. The Kier molecular flexibility index (Phi) is 6.84. The number of aryl methyl sites for hydroxylation is 2. The first-order valence-corrected chi connectivity index (χ1v) is 11.4. The lowest BCUT2D eigenvalue weighted by Gasteiger charge is -2.13. The number of nitrogens with zero attached hydrogens (tertiary/aromatic N) is 1. The van der Waals surface area contributed by atoms with Crippen LogP contribution in [0.3, 0.4) is 0 Å². The summed E-state index contributed by atoms with van der Waals surface area (Å²) in [5, 5.41) is -0.266. The molecule has 1 aliphatic rings. The van der Waals surface area contributed by atoms with Gasteiger partial charge in [-0.3, -0.25) is 14.5 Å². The summed E-state index contributed by atoms with van der Waals surface area (Å²) in [6, 6.07) is 21.4. The number of rotatable bonds is 7. The van der Waals surface area contributed by atoms with E-state index in [0.717, 1.165) is 34.0 Å². The molecule has 3 aromatic carbocycles. The minimum absolute atomic E-state index is 0.263. The first-order chi connectivity index (χ1) is 15.9. The fourth-order valence-corrected chi connectivity index (χ4v) is 4.36. The van der Waals surface area contributed by atoms with E-state index in [1.165, 1.54) is 10.5 Å². The zero-order valence-corrected chi connectivity index (χ0v) is 19.6. The molecule has 6 heteroatoms. The number of hydrogen-bond acceptors (Lipinski definition) is 5. The molecule has 0 N–H and O–H groups in total. The van der Waals surface area contributed by atoms with Gasteiger partial charge < -0.3 is 9.47 Å². The van der Waals surface area contributed by atoms with Crippen molar-refractivity contribution >= 4 is 29.0 Å². The maximum atomic E-state index is 12.9. The van der Waals surface area contributed by atoms with E-state index in [4.69, 9.17) is 9.47 Å². The van der Waals surface area contributed by atoms with Crippen LogP contribution in [-0.4, -0.2) is 23.2 Å². The molecule has 0 radical (unpaired) electrons. The molecule has 0 unspecified atom stereocenters. The van der Waals surface area contributed by atoms with Crippen LogP contribution in [0.25, 0.3) is 6.08 Å². The summed E-state index contributed by atoms with van der Waals surface area (Å²) in [5.41, 5.74) is 5.04. The standard InChI is InChI=1S/C27H25NO4S/c1-18-7-9-20(10-8-18)17-32-23-12-11-21(14-24(23)31-3)15-25-26(29)28(27(30)33-25)16-22-6-4-5-19(2)13-22/h4-15H,16-17H2,1-3H3/b25-15-. The van der Waals surface area contributed by atoms with Gasteiger partial charge in [-0.05, 0) is 60.5 Å². The summed E-state index contributed by atoms with van der Waals surface area (Å²) < 4.78 is 11.4. The van der Waals surface area contributed by atoms with Crippen molar-refractivity contribution in [3.8, 4) is 11.5 Å². The highest BCUT2D eigenvalue weighted by atomic mass is 32.2. The maximum Gasteiger partial charge on any atom is 0.293 e. The maximum absolute atomic E-state index is 12.9. The second kappa shape index (κ2) is 9.96. The van der Waals surface area contributed by atoms with Gasteiger partial charge in [0, 0.05) is 0 Å². The molecule has 0 spiro atoms. The molecule has 0 aromatic heterocycles. The second-order valence-electron chi connectivity index (χ2n) is 7.94. The third-order valence-corrected chi connectivity index (χ3v) is 6.20. The van der Waals surface area contributed by atoms with Crippen LogP contribution < -0.4 is 9.47 Å². The number of imide groups is 1. The van der Waals surface area contributed by atoms with Crippen LogP contribution in [0.2, 0.25) is 0 Å². The fourth-order valence-electron chi connectivity index (χ4n) is 3.52. The van der Waals surface area contributed by atoms with Crippen LogP contribution in [0.15, 0.2) is 71.6 Å². The zero-order chi connectivity index (χ0) is 23.4. The van der Waals surface area contributed by atoms with Crippen molar-refractivity contribution in [1.29, 1.82) is 0 Å². The van der Waals surface area contributed by atoms with E-state index in [1.54, 1.807) is 19.3 Å². The van der Waals surface area contributed by atoms with E-state index < -0.39 is 0 Å². The van der Waals surface area contributed by atoms with E-state index >= 15 is 0 Å². The zero-order valence-electron chi connectivity index (χ0n) is 18.8. The van der Waals surface area contributed by atoms with Crippen molar-refractivity contribution in [2.45, 2.75) is 27.0 Å². The molecule has 0 aliphatic carbocycles. The van der Waals surface area contributed by atoms with Crippen LogP contribution in [0.5, 0.6) is 11.5 Å². The molecule has 0 saturated carbocycles. The summed E-state index contributed by atoms with van der Waals surface area (Å²) in [4.78, 5) is 27.0. The predicted molar refractivity (Wildman–Crippen MR) is 131 cm³/mol. The third kappa shape index (κ3) is 5.46. The highest BCUT2D eigenvalue weighted by Gasteiger charge is 2.35. The Morgan fingerprint density at radius 1 is 0.879 bits per heavy atom. The Bertz CT molecular complexity index is 1220. The molecule has 1 aliphatic heterocycles. The van der Waals surface area contributed by atoms with Crippen molar-refractivity contribution in [3.63, 3.8) is 0 Å². The normalized spacial score (nSPS) is 14.8. The largest absolute Gasteiger partial charge is 0.493 e. The molecule has 3 aromatic rings. The highest BCUT2D eigenvalue weighted by Crippen LogP contribution is 2.35. The number of benzene rings is 3. The average molecular weight is 460 g/mol. The van der Waals surface area contributed by atoms with Crippen molar-refractivity contribution in [3.05, 3.63) is 99.5 Å². The monoisotopic (exact) mass is 459 g/mol. The lowest BCUT2D eigenvalue weighted by atomic mass is 10.1. The number of carbonyl (C=O) groups excluding carboxylic acids is 2. The van der Waals surface area contributed by atoms with Crippen molar-refractivity contribution < 1.29 is 19.1 Å². The predicted octanol–water partition coefficient (Wildman–Crippen LogP) is 6.13. The molecule has 5 nitrogen and oxygen atoms in total. The Morgan fingerprint density at radius 2 is 1.67 bits per heavy atom. The Labute approximate surface area is 198 Å². The molecule has 4 rings (SSSR count). The van der Waals surface area contributed by atoms with Crippen molar-refractivity contribution in [2.24, 2.45) is 0 Å². The molecule has 1 heterocycles. The molecule has 0 atom stereocenters. The second-order valence-corrected chi connectivity index (χ2v) is 8.93. The van der Waals surface area contributed by atoms with Gasteiger partial charge in [0.15, 0.2) is 11.5 Å². The van der Waals surface area contributed by atoms with Gasteiger partial charge in [0.1, 0.15) is 6.61 Å². The van der Waals surface area contributed by atoms with Gasteiger partial charge in [0.2, 0.25) is 0 Å². The van der Waals surface area contributed by atoms with Gasteiger partial charge in [-0.15, -0.1) is 0 Å². The summed E-state index contributed by atoms with van der Waals surface area (Å²) in [6.45, 7) is 4.72. The summed E-state index contributed by atoms with van der Waals surface area (Å²) >= 11 is 0.953. The van der Waals surface area contributed by atoms with Gasteiger partial charge >= 0.3 is 0 Å². The number of hydrogen-bond donors (Lipinski definition) is 0. The summed E-state index contributed by atoms with van der Waals surface area (Å²) in [5.74, 6) is 0.891. The quantitative estimate of drug-likeness (QED) is 0.398. The Hall–Kier alpha value is -3.51. The molecule has 1 fully saturated rings. The van der Waals surface area contributed by atoms with Gasteiger partial charge in [-0.1, -0.05) is 65.7 Å². The summed E-state index contributed by atoms with van der Waals surface area (Å²) in [6.07, 6.45) is 1.72. The van der Waals surface area contributed by atoms with Crippen LogP contribution in [0, 0.1) is 13.8 Å². The van der Waals surface area contributed by atoms with E-state index in [9.17, 15) is 9.59 Å². The summed E-state index contributed by atoms with van der Waals surface area (Å²) in [7, 11) is 1.58. The molecule has 0 bridgehead atoms. The molecule has 168 valence electrons. The Balaban J connectivity index is 1.48. The van der Waals surface area contributed by atoms with Crippen LogP contribution in [0.1, 0.15) is 27.8 Å². The third-order valence-electron chi connectivity index (χ3n) is 5.30. The van der Waals surface area contributed by atoms with E-state index in [1.807, 2.05) is 74.5 Å². The number of ether oxygens (including phenoxy) is 2. The smallest absolute Gasteiger partial charge is 0.293 e. The van der Waals surface area contributed by atoms with Crippen LogP contribution in [-0.2, 0) is 17.9 Å². The van der Waals surface area contributed by atoms with Gasteiger partial charge in [0.25, 0.3) is 11.1 Å². The number of amides is 2. The molecular formula is C27H25NO4S. The molecule has 33 heavy (non-hydrogen) atoms. The minimum atomic E-state index is -0.287. The minimum Gasteiger partial charge on any atom is -0.493 e. The first kappa shape index (κ1) is 22.7. The Morgan fingerprint density at radius 3 is 2.39 bits per heavy atom. The average Bonchev–Trinajstić information content (AvgIpc) is 3.06. The highest BCUT2D eigenvalue weighted by molar-refractivity contribution is 8.18. The SMILES string of the molecule is COc1cc(/C=C2\SC(=O)N(Cc3cccc(C)c3)C2=O)ccc1OCc1ccc(C)cc1. The van der Waals surface area contributed by atoms with E-state index in [0.29, 0.717) is 23.0 Å². The molecule has 1 saturated heterocycles.